The quantitative estimate of drug-likeness (QED) is 0.931. The minimum absolute atomic E-state index is 0.241. The summed E-state index contributed by atoms with van der Waals surface area (Å²) in [4.78, 5) is 5.86. The van der Waals surface area contributed by atoms with E-state index in [0.717, 1.165) is 33.6 Å². The molecule has 0 saturated heterocycles. The Morgan fingerprint density at radius 3 is 2.65 bits per heavy atom. The second-order valence-electron chi connectivity index (χ2n) is 3.86. The Labute approximate surface area is 113 Å². The maximum Gasteiger partial charge on any atom is 0.123 e. The van der Waals surface area contributed by atoms with Crippen LogP contribution in [0, 0.1) is 6.92 Å². The van der Waals surface area contributed by atoms with Gasteiger partial charge in [0.15, 0.2) is 0 Å². The molecule has 0 unspecified atom stereocenters. The van der Waals surface area contributed by atoms with Gasteiger partial charge in [-0.1, -0.05) is 28.1 Å². The molecule has 1 aromatic heterocycles. The highest BCUT2D eigenvalue weighted by atomic mass is 79.9. The van der Waals surface area contributed by atoms with Crippen molar-refractivity contribution in [3.05, 3.63) is 39.3 Å². The van der Waals surface area contributed by atoms with Crippen molar-refractivity contribution in [3.8, 4) is 10.6 Å². The van der Waals surface area contributed by atoms with Gasteiger partial charge in [-0.25, -0.2) is 4.98 Å². The van der Waals surface area contributed by atoms with Gasteiger partial charge in [0.1, 0.15) is 5.01 Å². The molecule has 0 saturated carbocycles. The van der Waals surface area contributed by atoms with Crippen LogP contribution in [0.5, 0.6) is 0 Å². The lowest BCUT2D eigenvalue weighted by Crippen LogP contribution is -1.88. The van der Waals surface area contributed by atoms with Crippen LogP contribution in [0.3, 0.4) is 0 Å². The van der Waals surface area contributed by atoms with E-state index in [-0.39, 0.29) is 6.61 Å². The number of rotatable bonds is 4. The number of aromatic nitrogens is 1. The zero-order valence-corrected chi connectivity index (χ0v) is 12.0. The minimum Gasteiger partial charge on any atom is -0.396 e. The van der Waals surface area contributed by atoms with Gasteiger partial charge in [0.2, 0.25) is 0 Å². The first kappa shape index (κ1) is 12.7. The van der Waals surface area contributed by atoms with Crippen LogP contribution in [0.2, 0.25) is 0 Å². The van der Waals surface area contributed by atoms with Gasteiger partial charge >= 0.3 is 0 Å². The molecule has 0 aliphatic carbocycles. The van der Waals surface area contributed by atoms with Crippen LogP contribution in [-0.2, 0) is 6.42 Å². The van der Waals surface area contributed by atoms with Gasteiger partial charge in [0, 0.05) is 21.5 Å². The number of hydrogen-bond acceptors (Lipinski definition) is 3. The maximum atomic E-state index is 8.85. The van der Waals surface area contributed by atoms with E-state index in [4.69, 9.17) is 5.11 Å². The fourth-order valence-electron chi connectivity index (χ4n) is 1.62. The minimum atomic E-state index is 0.241. The van der Waals surface area contributed by atoms with Crippen LogP contribution < -0.4 is 0 Å². The first-order valence-corrected chi connectivity index (χ1v) is 7.15. The largest absolute Gasteiger partial charge is 0.396 e. The molecule has 0 amide bonds. The molecule has 17 heavy (non-hydrogen) atoms. The lowest BCUT2D eigenvalue weighted by atomic mass is 10.2. The third-order valence-corrected chi connectivity index (χ3v) is 4.34. The normalized spacial score (nSPS) is 10.8. The molecule has 0 aliphatic heterocycles. The standard InChI is InChI=1S/C13H14BrNOS/c1-9-12(3-2-8-16)17-13(15-9)10-4-6-11(14)7-5-10/h4-7,16H,2-3,8H2,1H3. The highest BCUT2D eigenvalue weighted by molar-refractivity contribution is 9.10. The van der Waals surface area contributed by atoms with E-state index >= 15 is 0 Å². The predicted molar refractivity (Wildman–Crippen MR) is 75.4 cm³/mol. The molecule has 1 aromatic carbocycles. The molecule has 2 aromatic rings. The summed E-state index contributed by atoms with van der Waals surface area (Å²) in [5.74, 6) is 0. The topological polar surface area (TPSA) is 33.1 Å². The zero-order valence-electron chi connectivity index (χ0n) is 9.61. The highest BCUT2D eigenvalue weighted by Crippen LogP contribution is 2.29. The number of aliphatic hydroxyl groups is 1. The van der Waals surface area contributed by atoms with E-state index in [1.54, 1.807) is 11.3 Å². The number of aryl methyl sites for hydroxylation is 2. The second kappa shape index (κ2) is 5.76. The molecule has 90 valence electrons. The number of halogens is 1. The fraction of sp³-hybridized carbons (Fsp3) is 0.308. The van der Waals surface area contributed by atoms with Crippen LogP contribution in [0.25, 0.3) is 10.6 Å². The van der Waals surface area contributed by atoms with Crippen molar-refractivity contribution < 1.29 is 5.11 Å². The molecule has 0 atom stereocenters. The molecule has 4 heteroatoms. The number of benzene rings is 1. The van der Waals surface area contributed by atoms with Gasteiger partial charge in [-0.15, -0.1) is 11.3 Å². The molecular weight excluding hydrogens is 298 g/mol. The smallest absolute Gasteiger partial charge is 0.123 e. The Kier molecular flexibility index (Phi) is 4.31. The monoisotopic (exact) mass is 311 g/mol. The molecule has 0 radical (unpaired) electrons. The lowest BCUT2D eigenvalue weighted by molar-refractivity contribution is 0.289. The van der Waals surface area contributed by atoms with Crippen LogP contribution in [0.1, 0.15) is 17.0 Å². The van der Waals surface area contributed by atoms with Crippen molar-refractivity contribution in [2.75, 3.05) is 6.61 Å². The molecule has 1 heterocycles. The third-order valence-electron chi connectivity index (χ3n) is 2.55. The van der Waals surface area contributed by atoms with Crippen LogP contribution in [0.4, 0.5) is 0 Å². The Morgan fingerprint density at radius 1 is 1.29 bits per heavy atom. The molecule has 2 nitrogen and oxygen atoms in total. The van der Waals surface area contributed by atoms with Gasteiger partial charge in [0.05, 0.1) is 5.69 Å². The summed E-state index contributed by atoms with van der Waals surface area (Å²) < 4.78 is 1.08. The van der Waals surface area contributed by atoms with E-state index in [0.29, 0.717) is 0 Å². The van der Waals surface area contributed by atoms with E-state index in [1.165, 1.54) is 4.88 Å². The summed E-state index contributed by atoms with van der Waals surface area (Å²) in [6.07, 6.45) is 1.72. The predicted octanol–water partition coefficient (Wildman–Crippen LogP) is 3.81. The number of hydrogen-bond donors (Lipinski definition) is 1. The number of thiazole rings is 1. The average molecular weight is 312 g/mol. The molecule has 0 aliphatic rings. The van der Waals surface area contributed by atoms with Crippen molar-refractivity contribution in [2.24, 2.45) is 0 Å². The summed E-state index contributed by atoms with van der Waals surface area (Å²) in [7, 11) is 0. The Bertz CT molecular complexity index is 493. The van der Waals surface area contributed by atoms with E-state index < -0.39 is 0 Å². The molecule has 0 fully saturated rings. The summed E-state index contributed by atoms with van der Waals surface area (Å²) in [6.45, 7) is 2.27. The summed E-state index contributed by atoms with van der Waals surface area (Å²) in [6, 6.07) is 8.19. The molecule has 1 N–H and O–H groups in total. The number of nitrogens with zero attached hydrogens (tertiary/aromatic N) is 1. The van der Waals surface area contributed by atoms with E-state index in [2.05, 4.69) is 33.0 Å². The van der Waals surface area contributed by atoms with Crippen molar-refractivity contribution >= 4 is 27.3 Å². The summed E-state index contributed by atoms with van der Waals surface area (Å²) in [5, 5.41) is 9.91. The summed E-state index contributed by atoms with van der Waals surface area (Å²) in [5.41, 5.74) is 2.23. The number of aliphatic hydroxyl groups excluding tert-OH is 1. The van der Waals surface area contributed by atoms with Crippen molar-refractivity contribution in [1.82, 2.24) is 4.98 Å². The van der Waals surface area contributed by atoms with Gasteiger partial charge in [-0.3, -0.25) is 0 Å². The Morgan fingerprint density at radius 2 is 2.00 bits per heavy atom. The van der Waals surface area contributed by atoms with Crippen molar-refractivity contribution in [2.45, 2.75) is 19.8 Å². The SMILES string of the molecule is Cc1nc(-c2ccc(Br)cc2)sc1CCCO. The molecular formula is C13H14BrNOS. The summed E-state index contributed by atoms with van der Waals surface area (Å²) >= 11 is 5.15. The first-order chi connectivity index (χ1) is 8.20. The third kappa shape index (κ3) is 3.15. The van der Waals surface area contributed by atoms with E-state index in [1.807, 2.05) is 19.1 Å². The lowest BCUT2D eigenvalue weighted by Gasteiger charge is -1.95. The van der Waals surface area contributed by atoms with Crippen LogP contribution in [0.15, 0.2) is 28.7 Å². The van der Waals surface area contributed by atoms with Crippen LogP contribution >= 0.6 is 27.3 Å². The van der Waals surface area contributed by atoms with Gasteiger partial charge in [0.25, 0.3) is 0 Å². The molecule has 0 spiro atoms. The second-order valence-corrected chi connectivity index (χ2v) is 5.86. The first-order valence-electron chi connectivity index (χ1n) is 5.54. The molecule has 0 bridgehead atoms. The van der Waals surface area contributed by atoms with Gasteiger partial charge in [-0.05, 0) is 31.9 Å². The van der Waals surface area contributed by atoms with Gasteiger partial charge < -0.3 is 5.11 Å². The Hall–Kier alpha value is -0.710. The van der Waals surface area contributed by atoms with Crippen LogP contribution in [-0.4, -0.2) is 16.7 Å². The fourth-order valence-corrected chi connectivity index (χ4v) is 2.99. The highest BCUT2D eigenvalue weighted by Gasteiger charge is 2.08. The maximum absolute atomic E-state index is 8.85. The van der Waals surface area contributed by atoms with E-state index in [9.17, 15) is 0 Å². The van der Waals surface area contributed by atoms with Crippen molar-refractivity contribution in [3.63, 3.8) is 0 Å². The average Bonchev–Trinajstić information content (AvgIpc) is 2.69. The molecule has 2 rings (SSSR count). The zero-order chi connectivity index (χ0) is 12.3. The van der Waals surface area contributed by atoms with Gasteiger partial charge in [-0.2, -0.15) is 0 Å². The van der Waals surface area contributed by atoms with Crippen molar-refractivity contribution in [1.29, 1.82) is 0 Å². The Balaban J connectivity index is 2.24.